The number of nitrogens with one attached hydrogen (secondary N) is 1. The fourth-order valence-corrected chi connectivity index (χ4v) is 1.38. The zero-order valence-electron chi connectivity index (χ0n) is 9.94. The van der Waals surface area contributed by atoms with E-state index in [1.54, 1.807) is 12.5 Å². The Labute approximate surface area is 91.7 Å². The Morgan fingerprint density at radius 1 is 1.40 bits per heavy atom. The molecule has 15 heavy (non-hydrogen) atoms. The molecule has 0 radical (unpaired) electrons. The van der Waals surface area contributed by atoms with Gasteiger partial charge in [-0.25, -0.2) is 9.97 Å². The van der Waals surface area contributed by atoms with Crippen LogP contribution in [0.15, 0.2) is 18.6 Å². The van der Waals surface area contributed by atoms with Crippen LogP contribution in [0.5, 0.6) is 0 Å². The van der Waals surface area contributed by atoms with Crippen molar-refractivity contribution >= 4 is 5.82 Å². The number of rotatable bonds is 5. The quantitative estimate of drug-likeness (QED) is 0.795. The second kappa shape index (κ2) is 5.66. The Bertz CT molecular complexity index is 271. The summed E-state index contributed by atoms with van der Waals surface area (Å²) < 4.78 is 0. The fraction of sp³-hybridized carbons (Fsp3) is 0.636. The number of anilines is 1. The van der Waals surface area contributed by atoms with Gasteiger partial charge >= 0.3 is 0 Å². The predicted molar refractivity (Wildman–Crippen MR) is 62.8 cm³/mol. The standard InChI is InChI=1S/C11H20N4/c1-9(2)10(7-15(3)4)14-11-5-6-12-8-13-11/h5-6,8-10H,7H2,1-4H3,(H,12,13,14). The average molecular weight is 208 g/mol. The summed E-state index contributed by atoms with van der Waals surface area (Å²) in [5.74, 6) is 1.47. The van der Waals surface area contributed by atoms with E-state index in [1.165, 1.54) is 0 Å². The van der Waals surface area contributed by atoms with E-state index in [0.29, 0.717) is 12.0 Å². The lowest BCUT2D eigenvalue weighted by Gasteiger charge is -2.25. The molecular formula is C11H20N4. The van der Waals surface area contributed by atoms with Crippen LogP contribution < -0.4 is 5.32 Å². The maximum absolute atomic E-state index is 4.17. The molecule has 0 fully saturated rings. The third kappa shape index (κ3) is 4.25. The molecule has 4 heteroatoms. The lowest BCUT2D eigenvalue weighted by atomic mass is 10.0. The zero-order valence-corrected chi connectivity index (χ0v) is 9.94. The van der Waals surface area contributed by atoms with Gasteiger partial charge in [-0.1, -0.05) is 13.8 Å². The minimum Gasteiger partial charge on any atom is -0.366 e. The summed E-state index contributed by atoms with van der Waals surface area (Å²) in [6.07, 6.45) is 3.32. The number of hydrogen-bond donors (Lipinski definition) is 1. The van der Waals surface area contributed by atoms with Crippen LogP contribution in [-0.4, -0.2) is 41.5 Å². The Hall–Kier alpha value is -1.16. The number of aromatic nitrogens is 2. The van der Waals surface area contributed by atoms with Gasteiger partial charge in [0.05, 0.1) is 0 Å². The first-order valence-corrected chi connectivity index (χ1v) is 5.27. The van der Waals surface area contributed by atoms with Crippen LogP contribution in [0.4, 0.5) is 5.82 Å². The van der Waals surface area contributed by atoms with Crippen molar-refractivity contribution in [2.45, 2.75) is 19.9 Å². The first kappa shape index (κ1) is 11.9. The van der Waals surface area contributed by atoms with Gasteiger partial charge in [0.2, 0.25) is 0 Å². The summed E-state index contributed by atoms with van der Waals surface area (Å²) in [7, 11) is 4.16. The zero-order chi connectivity index (χ0) is 11.3. The molecule has 1 rings (SSSR count). The van der Waals surface area contributed by atoms with Crippen LogP contribution in [0.1, 0.15) is 13.8 Å². The van der Waals surface area contributed by atoms with E-state index in [9.17, 15) is 0 Å². The maximum Gasteiger partial charge on any atom is 0.129 e. The van der Waals surface area contributed by atoms with Crippen molar-refractivity contribution in [3.63, 3.8) is 0 Å². The predicted octanol–water partition coefficient (Wildman–Crippen LogP) is 1.47. The summed E-state index contributed by atoms with van der Waals surface area (Å²) in [5, 5.41) is 3.42. The highest BCUT2D eigenvalue weighted by Crippen LogP contribution is 2.09. The number of likely N-dealkylation sites (N-methyl/N-ethyl adjacent to an activating group) is 1. The third-order valence-electron chi connectivity index (χ3n) is 2.28. The van der Waals surface area contributed by atoms with Gasteiger partial charge < -0.3 is 10.2 Å². The highest BCUT2D eigenvalue weighted by atomic mass is 15.1. The van der Waals surface area contributed by atoms with Gasteiger partial charge in [-0.3, -0.25) is 0 Å². The molecule has 1 N–H and O–H groups in total. The molecule has 0 aromatic carbocycles. The van der Waals surface area contributed by atoms with E-state index >= 15 is 0 Å². The summed E-state index contributed by atoms with van der Waals surface area (Å²) in [4.78, 5) is 10.2. The van der Waals surface area contributed by atoms with Crippen molar-refractivity contribution in [3.05, 3.63) is 18.6 Å². The first-order chi connectivity index (χ1) is 7.09. The van der Waals surface area contributed by atoms with Gasteiger partial charge in [-0.15, -0.1) is 0 Å². The SMILES string of the molecule is CC(C)C(CN(C)C)Nc1ccncn1. The molecule has 1 heterocycles. The van der Waals surface area contributed by atoms with E-state index in [-0.39, 0.29) is 0 Å². The second-order valence-electron chi connectivity index (χ2n) is 4.35. The van der Waals surface area contributed by atoms with Crippen LogP contribution in [0.3, 0.4) is 0 Å². The third-order valence-corrected chi connectivity index (χ3v) is 2.28. The Morgan fingerprint density at radius 2 is 2.13 bits per heavy atom. The van der Waals surface area contributed by atoms with Gasteiger partial charge in [-0.05, 0) is 26.1 Å². The molecule has 0 aliphatic heterocycles. The molecule has 1 aromatic rings. The molecule has 84 valence electrons. The summed E-state index contributed by atoms with van der Waals surface area (Å²) in [6.45, 7) is 5.42. The lowest BCUT2D eigenvalue weighted by Crippen LogP contribution is -2.36. The van der Waals surface area contributed by atoms with E-state index in [1.807, 2.05) is 6.07 Å². The lowest BCUT2D eigenvalue weighted by molar-refractivity contribution is 0.344. The van der Waals surface area contributed by atoms with Crippen molar-refractivity contribution in [2.75, 3.05) is 26.0 Å². The van der Waals surface area contributed by atoms with E-state index in [0.717, 1.165) is 12.4 Å². The molecule has 1 unspecified atom stereocenters. The molecular weight excluding hydrogens is 188 g/mol. The molecule has 0 bridgehead atoms. The number of nitrogens with zero attached hydrogens (tertiary/aromatic N) is 3. The molecule has 0 aliphatic rings. The first-order valence-electron chi connectivity index (χ1n) is 5.27. The van der Waals surface area contributed by atoms with Gasteiger partial charge in [0.1, 0.15) is 12.1 Å². The summed E-state index contributed by atoms with van der Waals surface area (Å²) in [6, 6.07) is 2.31. The van der Waals surface area contributed by atoms with Gasteiger partial charge in [-0.2, -0.15) is 0 Å². The molecule has 0 saturated carbocycles. The van der Waals surface area contributed by atoms with Crippen LogP contribution in [0, 0.1) is 5.92 Å². The minimum atomic E-state index is 0.412. The highest BCUT2D eigenvalue weighted by molar-refractivity contribution is 5.33. The molecule has 0 saturated heterocycles. The van der Waals surface area contributed by atoms with E-state index in [4.69, 9.17) is 0 Å². The molecule has 0 amide bonds. The van der Waals surface area contributed by atoms with Crippen molar-refractivity contribution < 1.29 is 0 Å². The average Bonchev–Trinajstić information content (AvgIpc) is 2.17. The monoisotopic (exact) mass is 208 g/mol. The summed E-state index contributed by atoms with van der Waals surface area (Å²) in [5.41, 5.74) is 0. The van der Waals surface area contributed by atoms with Gasteiger partial charge in [0.15, 0.2) is 0 Å². The molecule has 1 aromatic heterocycles. The Balaban J connectivity index is 2.59. The summed E-state index contributed by atoms with van der Waals surface area (Å²) >= 11 is 0. The van der Waals surface area contributed by atoms with Crippen molar-refractivity contribution in [1.29, 1.82) is 0 Å². The Morgan fingerprint density at radius 3 is 2.60 bits per heavy atom. The highest BCUT2D eigenvalue weighted by Gasteiger charge is 2.14. The van der Waals surface area contributed by atoms with Crippen LogP contribution in [-0.2, 0) is 0 Å². The van der Waals surface area contributed by atoms with Crippen molar-refractivity contribution in [1.82, 2.24) is 14.9 Å². The van der Waals surface area contributed by atoms with Gasteiger partial charge in [0.25, 0.3) is 0 Å². The molecule has 1 atom stereocenters. The smallest absolute Gasteiger partial charge is 0.129 e. The van der Waals surface area contributed by atoms with Gasteiger partial charge in [0, 0.05) is 18.8 Å². The number of hydrogen-bond acceptors (Lipinski definition) is 4. The van der Waals surface area contributed by atoms with Crippen LogP contribution >= 0.6 is 0 Å². The van der Waals surface area contributed by atoms with Crippen LogP contribution in [0.2, 0.25) is 0 Å². The maximum atomic E-state index is 4.17. The molecule has 4 nitrogen and oxygen atoms in total. The fourth-order valence-electron chi connectivity index (χ4n) is 1.38. The molecule has 0 spiro atoms. The van der Waals surface area contributed by atoms with E-state index in [2.05, 4.69) is 48.1 Å². The normalized spacial score (nSPS) is 13.2. The van der Waals surface area contributed by atoms with Crippen LogP contribution in [0.25, 0.3) is 0 Å². The minimum absolute atomic E-state index is 0.412. The van der Waals surface area contributed by atoms with E-state index < -0.39 is 0 Å². The largest absolute Gasteiger partial charge is 0.366 e. The molecule has 0 aliphatic carbocycles. The second-order valence-corrected chi connectivity index (χ2v) is 4.35. The van der Waals surface area contributed by atoms with Crippen molar-refractivity contribution in [3.8, 4) is 0 Å². The van der Waals surface area contributed by atoms with Crippen molar-refractivity contribution in [2.24, 2.45) is 5.92 Å². The topological polar surface area (TPSA) is 41.0 Å². The Kier molecular flexibility index (Phi) is 4.49.